The summed E-state index contributed by atoms with van der Waals surface area (Å²) in [6, 6.07) is 12.8. The molecule has 2 aromatic carbocycles. The molecule has 1 N–H and O–H groups in total. The average molecular weight is 367 g/mol. The first-order valence-electron chi connectivity index (χ1n) is 5.69. The zero-order chi connectivity index (χ0) is 13.2. The molecule has 5 heteroatoms. The number of anilines is 1. The van der Waals surface area contributed by atoms with Gasteiger partial charge in [0, 0.05) is 9.13 Å². The molecule has 0 saturated heterocycles. The minimum Gasteiger partial charge on any atom is -0.454 e. The van der Waals surface area contributed by atoms with Crippen molar-refractivity contribution < 1.29 is 14.3 Å². The number of para-hydroxylation sites is 1. The summed E-state index contributed by atoms with van der Waals surface area (Å²) in [4.78, 5) is 12.2. The van der Waals surface area contributed by atoms with Crippen LogP contribution in [0.25, 0.3) is 0 Å². The largest absolute Gasteiger partial charge is 0.454 e. The quantitative estimate of drug-likeness (QED) is 0.829. The summed E-state index contributed by atoms with van der Waals surface area (Å²) in [6.07, 6.45) is 0. The van der Waals surface area contributed by atoms with Crippen LogP contribution in [0.3, 0.4) is 0 Å². The molecule has 19 heavy (non-hydrogen) atoms. The first-order valence-corrected chi connectivity index (χ1v) is 6.77. The third kappa shape index (κ3) is 2.51. The number of rotatable bonds is 2. The molecule has 0 saturated carbocycles. The Balaban J connectivity index is 1.83. The Labute approximate surface area is 123 Å². The second-order valence-electron chi connectivity index (χ2n) is 4.00. The molecule has 0 bridgehead atoms. The van der Waals surface area contributed by atoms with E-state index in [4.69, 9.17) is 9.47 Å². The maximum absolute atomic E-state index is 12.2. The number of carbonyl (C=O) groups excluding carboxylic acids is 1. The number of fused-ring (bicyclic) bond motifs is 1. The van der Waals surface area contributed by atoms with Crippen LogP contribution in [-0.4, -0.2) is 12.7 Å². The summed E-state index contributed by atoms with van der Waals surface area (Å²) in [5.74, 6) is 1.11. The molecule has 0 fully saturated rings. The van der Waals surface area contributed by atoms with E-state index in [2.05, 4.69) is 27.9 Å². The second-order valence-corrected chi connectivity index (χ2v) is 5.16. The van der Waals surface area contributed by atoms with Gasteiger partial charge in [0.2, 0.25) is 6.79 Å². The van der Waals surface area contributed by atoms with Gasteiger partial charge in [-0.3, -0.25) is 4.79 Å². The maximum atomic E-state index is 12.2. The van der Waals surface area contributed by atoms with Crippen molar-refractivity contribution in [2.75, 3.05) is 12.1 Å². The van der Waals surface area contributed by atoms with Crippen molar-refractivity contribution in [1.82, 2.24) is 0 Å². The van der Waals surface area contributed by atoms with Gasteiger partial charge < -0.3 is 14.8 Å². The van der Waals surface area contributed by atoms with Gasteiger partial charge in [0.05, 0.1) is 5.69 Å². The standard InChI is InChI=1S/C14H10INO3/c15-10-3-1-2-4-11(10)16-14(17)9-5-6-12-13(7-9)19-8-18-12/h1-7H,8H2,(H,16,17). The number of nitrogens with one attached hydrogen (secondary N) is 1. The molecule has 0 unspecified atom stereocenters. The van der Waals surface area contributed by atoms with Gasteiger partial charge in [0.25, 0.3) is 5.91 Å². The van der Waals surface area contributed by atoms with Crippen molar-refractivity contribution in [2.24, 2.45) is 0 Å². The number of benzene rings is 2. The molecule has 1 aliphatic heterocycles. The minimum absolute atomic E-state index is 0.164. The zero-order valence-corrected chi connectivity index (χ0v) is 12.0. The summed E-state index contributed by atoms with van der Waals surface area (Å²) in [7, 11) is 0. The van der Waals surface area contributed by atoms with E-state index in [-0.39, 0.29) is 12.7 Å². The molecule has 4 nitrogen and oxygen atoms in total. The summed E-state index contributed by atoms with van der Waals surface area (Å²) in [6.45, 7) is 0.205. The number of hydrogen-bond donors (Lipinski definition) is 1. The van der Waals surface area contributed by atoms with E-state index in [9.17, 15) is 4.79 Å². The van der Waals surface area contributed by atoms with Gasteiger partial charge >= 0.3 is 0 Å². The van der Waals surface area contributed by atoms with Gasteiger partial charge in [-0.15, -0.1) is 0 Å². The SMILES string of the molecule is O=C(Nc1ccccc1I)c1ccc2c(c1)OCO2. The molecule has 1 aliphatic rings. The normalized spacial score (nSPS) is 12.3. The fourth-order valence-corrected chi connectivity index (χ4v) is 2.32. The topological polar surface area (TPSA) is 47.6 Å². The van der Waals surface area contributed by atoms with Crippen LogP contribution in [0.4, 0.5) is 5.69 Å². The third-order valence-corrected chi connectivity index (χ3v) is 3.70. The Morgan fingerprint density at radius 1 is 1.11 bits per heavy atom. The van der Waals surface area contributed by atoms with E-state index in [1.807, 2.05) is 24.3 Å². The number of ether oxygens (including phenoxy) is 2. The van der Waals surface area contributed by atoms with Crippen molar-refractivity contribution in [3.05, 3.63) is 51.6 Å². The summed E-state index contributed by atoms with van der Waals surface area (Å²) in [5.41, 5.74) is 1.34. The van der Waals surface area contributed by atoms with Crippen molar-refractivity contribution in [3.8, 4) is 11.5 Å². The Bertz CT molecular complexity index is 642. The minimum atomic E-state index is -0.164. The van der Waals surface area contributed by atoms with Gasteiger partial charge in [-0.2, -0.15) is 0 Å². The van der Waals surface area contributed by atoms with Gasteiger partial charge in [0.15, 0.2) is 11.5 Å². The molecule has 2 aromatic rings. The molecule has 0 aromatic heterocycles. The molecule has 1 amide bonds. The van der Waals surface area contributed by atoms with Gasteiger partial charge in [-0.25, -0.2) is 0 Å². The lowest BCUT2D eigenvalue weighted by Crippen LogP contribution is -2.12. The van der Waals surface area contributed by atoms with Crippen LogP contribution in [0, 0.1) is 3.57 Å². The van der Waals surface area contributed by atoms with E-state index < -0.39 is 0 Å². The summed E-state index contributed by atoms with van der Waals surface area (Å²) < 4.78 is 11.5. The smallest absolute Gasteiger partial charge is 0.255 e. The van der Waals surface area contributed by atoms with Crippen LogP contribution in [-0.2, 0) is 0 Å². The van der Waals surface area contributed by atoms with Crippen LogP contribution in [0.2, 0.25) is 0 Å². The number of carbonyl (C=O) groups is 1. The third-order valence-electron chi connectivity index (χ3n) is 2.76. The highest BCUT2D eigenvalue weighted by Gasteiger charge is 2.16. The summed E-state index contributed by atoms with van der Waals surface area (Å²) in [5, 5.41) is 2.87. The molecule has 96 valence electrons. The monoisotopic (exact) mass is 367 g/mol. The van der Waals surface area contributed by atoms with Crippen LogP contribution < -0.4 is 14.8 Å². The van der Waals surface area contributed by atoms with Gasteiger partial charge in [0.1, 0.15) is 0 Å². The predicted molar refractivity (Wildman–Crippen MR) is 79.7 cm³/mol. The van der Waals surface area contributed by atoms with Crippen molar-refractivity contribution >= 4 is 34.2 Å². The molecular weight excluding hydrogens is 357 g/mol. The number of amides is 1. The highest BCUT2D eigenvalue weighted by molar-refractivity contribution is 14.1. The fraction of sp³-hybridized carbons (Fsp3) is 0.0714. The first-order chi connectivity index (χ1) is 9.24. The Morgan fingerprint density at radius 2 is 1.89 bits per heavy atom. The Morgan fingerprint density at radius 3 is 2.74 bits per heavy atom. The second kappa shape index (κ2) is 5.08. The van der Waals surface area contributed by atoms with E-state index in [1.54, 1.807) is 18.2 Å². The predicted octanol–water partition coefficient (Wildman–Crippen LogP) is 3.27. The Hall–Kier alpha value is -1.76. The highest BCUT2D eigenvalue weighted by atomic mass is 127. The molecule has 0 atom stereocenters. The van der Waals surface area contributed by atoms with E-state index in [0.29, 0.717) is 17.1 Å². The van der Waals surface area contributed by atoms with Crippen molar-refractivity contribution in [1.29, 1.82) is 0 Å². The van der Waals surface area contributed by atoms with Crippen LogP contribution >= 0.6 is 22.6 Å². The first kappa shape index (κ1) is 12.3. The summed E-state index contributed by atoms with van der Waals surface area (Å²) >= 11 is 2.18. The molecule has 0 aliphatic carbocycles. The lowest BCUT2D eigenvalue weighted by molar-refractivity contribution is 0.102. The van der Waals surface area contributed by atoms with Crippen molar-refractivity contribution in [2.45, 2.75) is 0 Å². The molecule has 0 radical (unpaired) electrons. The molecule has 3 rings (SSSR count). The van der Waals surface area contributed by atoms with Crippen molar-refractivity contribution in [3.63, 3.8) is 0 Å². The molecule has 1 heterocycles. The van der Waals surface area contributed by atoms with Gasteiger partial charge in [-0.1, -0.05) is 12.1 Å². The number of halogens is 1. The van der Waals surface area contributed by atoms with E-state index in [1.165, 1.54) is 0 Å². The van der Waals surface area contributed by atoms with Crippen LogP contribution in [0.1, 0.15) is 10.4 Å². The highest BCUT2D eigenvalue weighted by Crippen LogP contribution is 2.32. The molecule has 0 spiro atoms. The van der Waals surface area contributed by atoms with Crippen LogP contribution in [0.5, 0.6) is 11.5 Å². The van der Waals surface area contributed by atoms with Gasteiger partial charge in [-0.05, 0) is 52.9 Å². The van der Waals surface area contributed by atoms with E-state index in [0.717, 1.165) is 9.26 Å². The lowest BCUT2D eigenvalue weighted by Gasteiger charge is -2.07. The maximum Gasteiger partial charge on any atom is 0.255 e. The molecular formula is C14H10INO3. The average Bonchev–Trinajstić information content (AvgIpc) is 2.88. The fourth-order valence-electron chi connectivity index (χ4n) is 1.79. The number of hydrogen-bond acceptors (Lipinski definition) is 3. The zero-order valence-electron chi connectivity index (χ0n) is 9.85. The van der Waals surface area contributed by atoms with E-state index >= 15 is 0 Å². The van der Waals surface area contributed by atoms with Crippen LogP contribution in [0.15, 0.2) is 42.5 Å². The lowest BCUT2D eigenvalue weighted by atomic mass is 10.2. The Kier molecular flexibility index (Phi) is 3.29.